The van der Waals surface area contributed by atoms with Crippen molar-refractivity contribution in [1.82, 2.24) is 10.3 Å². The van der Waals surface area contributed by atoms with Gasteiger partial charge in [0.05, 0.1) is 0 Å². The number of nitrogens with one attached hydrogen (secondary N) is 1. The molecule has 2 rings (SSSR count). The van der Waals surface area contributed by atoms with Crippen molar-refractivity contribution < 1.29 is 4.79 Å². The van der Waals surface area contributed by atoms with Crippen LogP contribution in [0.25, 0.3) is 0 Å². The molecule has 3 nitrogen and oxygen atoms in total. The monoisotopic (exact) mass is 294 g/mol. The lowest BCUT2D eigenvalue weighted by Gasteiger charge is -2.20. The molecule has 1 aromatic heterocycles. The minimum absolute atomic E-state index is 0.0397. The van der Waals surface area contributed by atoms with E-state index in [0.717, 1.165) is 12.1 Å². The Labute approximate surface area is 126 Å². The highest BCUT2D eigenvalue weighted by molar-refractivity contribution is 6.29. The van der Waals surface area contributed by atoms with Gasteiger partial charge in [0, 0.05) is 17.3 Å². The van der Waals surface area contributed by atoms with Crippen LogP contribution in [0.1, 0.15) is 62.5 Å². The molecule has 1 amide bonds. The van der Waals surface area contributed by atoms with Gasteiger partial charge in [-0.1, -0.05) is 39.3 Å². The van der Waals surface area contributed by atoms with Gasteiger partial charge in [-0.2, -0.15) is 0 Å². The number of amides is 1. The Hall–Kier alpha value is -1.09. The Morgan fingerprint density at radius 1 is 1.35 bits per heavy atom. The number of nitrogens with zero attached hydrogens (tertiary/aromatic N) is 1. The van der Waals surface area contributed by atoms with Crippen LogP contribution >= 0.6 is 11.6 Å². The number of aromatic nitrogens is 1. The zero-order valence-corrected chi connectivity index (χ0v) is 13.4. The minimum Gasteiger partial charge on any atom is -0.349 e. The second-order valence-electron chi connectivity index (χ2n) is 6.25. The molecule has 1 saturated carbocycles. The number of carbonyl (C=O) groups excluding carboxylic acids is 1. The number of pyridine rings is 1. The van der Waals surface area contributed by atoms with Crippen molar-refractivity contribution in [2.24, 2.45) is 11.8 Å². The fourth-order valence-electron chi connectivity index (χ4n) is 2.76. The highest BCUT2D eigenvalue weighted by Crippen LogP contribution is 2.31. The van der Waals surface area contributed by atoms with E-state index in [4.69, 9.17) is 11.6 Å². The smallest absolute Gasteiger partial charge is 0.251 e. The van der Waals surface area contributed by atoms with Gasteiger partial charge >= 0.3 is 0 Å². The SMILES string of the molecule is CC(C)c1cc(C(=O)NC2CCC(C)C2C)cc(Cl)n1. The maximum atomic E-state index is 12.4. The van der Waals surface area contributed by atoms with Gasteiger partial charge in [0.1, 0.15) is 5.15 Å². The first-order valence-corrected chi connectivity index (χ1v) is 7.74. The van der Waals surface area contributed by atoms with Crippen molar-refractivity contribution in [1.29, 1.82) is 0 Å². The van der Waals surface area contributed by atoms with E-state index >= 15 is 0 Å². The highest BCUT2D eigenvalue weighted by Gasteiger charge is 2.31. The molecule has 0 saturated heterocycles. The van der Waals surface area contributed by atoms with Crippen molar-refractivity contribution >= 4 is 17.5 Å². The first kappa shape index (κ1) is 15.3. The van der Waals surface area contributed by atoms with Crippen LogP contribution in [0.4, 0.5) is 0 Å². The minimum atomic E-state index is -0.0397. The highest BCUT2D eigenvalue weighted by atomic mass is 35.5. The molecule has 3 unspecified atom stereocenters. The molecule has 0 aliphatic heterocycles. The van der Waals surface area contributed by atoms with E-state index in [1.807, 2.05) is 19.9 Å². The number of carbonyl (C=O) groups is 1. The maximum Gasteiger partial charge on any atom is 0.251 e. The Balaban J connectivity index is 2.13. The van der Waals surface area contributed by atoms with Gasteiger partial charge in [0.25, 0.3) is 5.91 Å². The van der Waals surface area contributed by atoms with Crippen molar-refractivity contribution in [2.45, 2.75) is 52.5 Å². The van der Waals surface area contributed by atoms with Gasteiger partial charge in [0.15, 0.2) is 0 Å². The summed E-state index contributed by atoms with van der Waals surface area (Å²) in [6.45, 7) is 8.54. The summed E-state index contributed by atoms with van der Waals surface area (Å²) >= 11 is 6.02. The molecule has 20 heavy (non-hydrogen) atoms. The molecular formula is C16H23ClN2O. The summed E-state index contributed by atoms with van der Waals surface area (Å²) in [5.41, 5.74) is 1.47. The Morgan fingerprint density at radius 2 is 2.05 bits per heavy atom. The molecule has 1 aliphatic rings. The predicted octanol–water partition coefficient (Wildman–Crippen LogP) is 4.02. The van der Waals surface area contributed by atoms with Gasteiger partial charge < -0.3 is 5.32 Å². The Morgan fingerprint density at radius 3 is 2.60 bits per heavy atom. The number of hydrogen-bond acceptors (Lipinski definition) is 2. The van der Waals surface area contributed by atoms with E-state index in [2.05, 4.69) is 24.1 Å². The number of rotatable bonds is 3. The van der Waals surface area contributed by atoms with Crippen LogP contribution < -0.4 is 5.32 Å². The number of hydrogen-bond donors (Lipinski definition) is 1. The first-order valence-electron chi connectivity index (χ1n) is 7.36. The molecule has 0 spiro atoms. The first-order chi connectivity index (χ1) is 9.38. The van der Waals surface area contributed by atoms with Crippen LogP contribution in [0.15, 0.2) is 12.1 Å². The van der Waals surface area contributed by atoms with E-state index in [1.54, 1.807) is 6.07 Å². The fraction of sp³-hybridized carbons (Fsp3) is 0.625. The van der Waals surface area contributed by atoms with Gasteiger partial charge in [0.2, 0.25) is 0 Å². The summed E-state index contributed by atoms with van der Waals surface area (Å²) in [4.78, 5) is 16.6. The summed E-state index contributed by atoms with van der Waals surface area (Å²) in [5.74, 6) is 1.42. The molecular weight excluding hydrogens is 272 g/mol. The summed E-state index contributed by atoms with van der Waals surface area (Å²) < 4.78 is 0. The molecule has 0 bridgehead atoms. The van der Waals surface area contributed by atoms with Gasteiger partial charge in [-0.15, -0.1) is 0 Å². The third-order valence-corrected chi connectivity index (χ3v) is 4.64. The summed E-state index contributed by atoms with van der Waals surface area (Å²) in [6, 6.07) is 3.76. The zero-order chi connectivity index (χ0) is 14.9. The van der Waals surface area contributed by atoms with E-state index in [1.165, 1.54) is 6.42 Å². The molecule has 110 valence electrons. The standard InChI is InChI=1S/C16H23ClN2O/c1-9(2)14-7-12(8-15(17)18-14)16(20)19-13-6-5-10(3)11(13)4/h7-11,13H,5-6H2,1-4H3,(H,19,20). The Bertz CT molecular complexity index is 501. The average molecular weight is 295 g/mol. The second kappa shape index (κ2) is 6.13. The van der Waals surface area contributed by atoms with Crippen LogP contribution in [-0.4, -0.2) is 16.9 Å². The van der Waals surface area contributed by atoms with Crippen LogP contribution in [-0.2, 0) is 0 Å². The lowest BCUT2D eigenvalue weighted by atomic mass is 9.97. The molecule has 1 N–H and O–H groups in total. The summed E-state index contributed by atoms with van der Waals surface area (Å²) in [7, 11) is 0. The molecule has 1 aliphatic carbocycles. The normalized spacial score (nSPS) is 26.0. The quantitative estimate of drug-likeness (QED) is 0.856. The molecule has 1 heterocycles. The topological polar surface area (TPSA) is 42.0 Å². The zero-order valence-electron chi connectivity index (χ0n) is 12.6. The molecule has 1 fully saturated rings. The van der Waals surface area contributed by atoms with E-state index in [-0.39, 0.29) is 17.9 Å². The van der Waals surface area contributed by atoms with Crippen LogP contribution in [0.2, 0.25) is 5.15 Å². The maximum absolute atomic E-state index is 12.4. The van der Waals surface area contributed by atoms with Gasteiger partial charge in [-0.05, 0) is 42.7 Å². The van der Waals surface area contributed by atoms with Crippen LogP contribution in [0, 0.1) is 11.8 Å². The third kappa shape index (κ3) is 3.32. The lowest BCUT2D eigenvalue weighted by molar-refractivity contribution is 0.0927. The second-order valence-corrected chi connectivity index (χ2v) is 6.64. The lowest BCUT2D eigenvalue weighted by Crippen LogP contribution is -2.37. The van der Waals surface area contributed by atoms with Gasteiger partial charge in [-0.25, -0.2) is 4.98 Å². The molecule has 0 radical (unpaired) electrons. The van der Waals surface area contributed by atoms with Crippen molar-refractivity contribution in [2.75, 3.05) is 0 Å². The predicted molar refractivity (Wildman–Crippen MR) is 82.2 cm³/mol. The van der Waals surface area contributed by atoms with E-state index in [0.29, 0.717) is 22.6 Å². The van der Waals surface area contributed by atoms with Crippen LogP contribution in [0.5, 0.6) is 0 Å². The Kier molecular flexibility index (Phi) is 4.69. The van der Waals surface area contributed by atoms with Crippen molar-refractivity contribution in [3.05, 3.63) is 28.5 Å². The van der Waals surface area contributed by atoms with Crippen LogP contribution in [0.3, 0.4) is 0 Å². The largest absolute Gasteiger partial charge is 0.349 e. The average Bonchev–Trinajstić information content (AvgIpc) is 2.70. The summed E-state index contributed by atoms with van der Waals surface area (Å²) in [5, 5.41) is 3.53. The fourth-order valence-corrected chi connectivity index (χ4v) is 2.98. The number of halogens is 1. The van der Waals surface area contributed by atoms with E-state index < -0.39 is 0 Å². The molecule has 4 heteroatoms. The molecule has 0 aromatic carbocycles. The van der Waals surface area contributed by atoms with Gasteiger partial charge in [-0.3, -0.25) is 4.79 Å². The molecule has 1 aromatic rings. The summed E-state index contributed by atoms with van der Waals surface area (Å²) in [6.07, 6.45) is 2.24. The third-order valence-electron chi connectivity index (χ3n) is 4.45. The molecule has 3 atom stereocenters. The van der Waals surface area contributed by atoms with Crippen molar-refractivity contribution in [3.8, 4) is 0 Å². The van der Waals surface area contributed by atoms with Crippen molar-refractivity contribution in [3.63, 3.8) is 0 Å². The van der Waals surface area contributed by atoms with E-state index in [9.17, 15) is 4.79 Å².